The van der Waals surface area contributed by atoms with Crippen LogP contribution in [0.5, 0.6) is 5.75 Å². The molecule has 1 unspecified atom stereocenters. The molecule has 0 saturated carbocycles. The number of rotatable bonds is 7. The second-order valence-corrected chi connectivity index (χ2v) is 10.9. The fraction of sp³-hybridized carbons (Fsp3) is 0.500. The largest absolute Gasteiger partial charge is 0.486 e. The maximum atomic E-state index is 12.5. The summed E-state index contributed by atoms with van der Waals surface area (Å²) >= 11 is 6.00. The molecule has 1 fully saturated rings. The minimum atomic E-state index is -0.463. The molecule has 0 aliphatic carbocycles. The molecule has 188 valence electrons. The zero-order valence-electron chi connectivity index (χ0n) is 21.2. The van der Waals surface area contributed by atoms with Gasteiger partial charge in [-0.1, -0.05) is 17.7 Å². The zero-order valence-corrected chi connectivity index (χ0v) is 22.0. The lowest BCUT2D eigenvalue weighted by atomic mass is 9.93. The van der Waals surface area contributed by atoms with Crippen molar-refractivity contribution in [3.63, 3.8) is 0 Å². The first kappa shape index (κ1) is 25.4. The molecule has 1 aromatic heterocycles. The highest BCUT2D eigenvalue weighted by Crippen LogP contribution is 2.25. The first-order valence-corrected chi connectivity index (χ1v) is 12.9. The summed E-state index contributed by atoms with van der Waals surface area (Å²) in [6.45, 7) is 10.6. The summed E-state index contributed by atoms with van der Waals surface area (Å²) in [5.74, 6) is 2.18. The van der Waals surface area contributed by atoms with Crippen molar-refractivity contribution >= 4 is 28.7 Å². The third kappa shape index (κ3) is 6.91. The van der Waals surface area contributed by atoms with Gasteiger partial charge in [-0.2, -0.15) is 0 Å². The Bertz CT molecular complexity index is 1150. The normalized spacial score (nSPS) is 16.5. The van der Waals surface area contributed by atoms with Crippen LogP contribution in [0.3, 0.4) is 0 Å². The molecule has 3 aromatic rings. The van der Waals surface area contributed by atoms with Gasteiger partial charge >= 0.3 is 6.09 Å². The van der Waals surface area contributed by atoms with Crippen molar-refractivity contribution in [2.45, 2.75) is 72.1 Å². The van der Waals surface area contributed by atoms with Gasteiger partial charge < -0.3 is 18.9 Å². The lowest BCUT2D eigenvalue weighted by Gasteiger charge is -2.34. The van der Waals surface area contributed by atoms with Gasteiger partial charge in [0.05, 0.1) is 11.0 Å². The van der Waals surface area contributed by atoms with Crippen molar-refractivity contribution in [3.05, 3.63) is 58.9 Å². The minimum Gasteiger partial charge on any atom is -0.486 e. The van der Waals surface area contributed by atoms with Crippen LogP contribution >= 0.6 is 11.6 Å². The lowest BCUT2D eigenvalue weighted by Crippen LogP contribution is -2.42. The summed E-state index contributed by atoms with van der Waals surface area (Å²) in [7, 11) is 0. The summed E-state index contributed by atoms with van der Waals surface area (Å²) in [5, 5.41) is 0.688. The second-order valence-electron chi connectivity index (χ2n) is 10.5. The molecule has 0 bridgehead atoms. The molecule has 4 rings (SSSR count). The summed E-state index contributed by atoms with van der Waals surface area (Å²) in [6.07, 6.45) is 4.05. The fourth-order valence-electron chi connectivity index (χ4n) is 4.66. The van der Waals surface area contributed by atoms with E-state index in [1.807, 2.05) is 49.9 Å². The van der Waals surface area contributed by atoms with Gasteiger partial charge in [-0.05, 0) is 101 Å². The van der Waals surface area contributed by atoms with E-state index in [0.717, 1.165) is 67.9 Å². The predicted octanol–water partition coefficient (Wildman–Crippen LogP) is 7.00. The number of amides is 1. The monoisotopic (exact) mass is 497 g/mol. The Labute approximate surface area is 213 Å². The number of aryl methyl sites for hydroxylation is 2. The van der Waals surface area contributed by atoms with Crippen molar-refractivity contribution in [1.82, 2.24) is 14.5 Å². The topological polar surface area (TPSA) is 56.6 Å². The second kappa shape index (κ2) is 10.9. The van der Waals surface area contributed by atoms with Crippen LogP contribution in [0.25, 0.3) is 11.0 Å². The number of hydrogen-bond donors (Lipinski definition) is 0. The van der Waals surface area contributed by atoms with Crippen LogP contribution in [0.15, 0.2) is 42.5 Å². The molecule has 1 aliphatic rings. The summed E-state index contributed by atoms with van der Waals surface area (Å²) in [6, 6.07) is 13.8. The number of hydrogen-bond acceptors (Lipinski definition) is 4. The molecule has 1 saturated heterocycles. The predicted molar refractivity (Wildman–Crippen MR) is 140 cm³/mol. The van der Waals surface area contributed by atoms with Crippen molar-refractivity contribution in [2.75, 3.05) is 13.1 Å². The van der Waals surface area contributed by atoms with Crippen LogP contribution in [0.1, 0.15) is 57.8 Å². The van der Waals surface area contributed by atoms with Gasteiger partial charge in [0.25, 0.3) is 0 Å². The first-order chi connectivity index (χ1) is 16.7. The van der Waals surface area contributed by atoms with Crippen LogP contribution in [0, 0.1) is 12.8 Å². The number of carbonyl (C=O) groups is 1. The van der Waals surface area contributed by atoms with Crippen molar-refractivity contribution in [3.8, 4) is 5.75 Å². The Morgan fingerprint density at radius 3 is 2.69 bits per heavy atom. The highest BCUT2D eigenvalue weighted by molar-refractivity contribution is 6.30. The van der Waals surface area contributed by atoms with Gasteiger partial charge in [-0.15, -0.1) is 0 Å². The van der Waals surface area contributed by atoms with Crippen LogP contribution in [-0.4, -0.2) is 39.2 Å². The number of carbonyl (C=O) groups excluding carboxylic acids is 1. The number of fused-ring (bicyclic) bond motifs is 1. The van der Waals surface area contributed by atoms with Crippen LogP contribution in [0.4, 0.5) is 4.79 Å². The summed E-state index contributed by atoms with van der Waals surface area (Å²) in [5.41, 5.74) is 2.85. The van der Waals surface area contributed by atoms with Crippen molar-refractivity contribution in [2.24, 2.45) is 5.92 Å². The fourth-order valence-corrected chi connectivity index (χ4v) is 4.79. The van der Waals surface area contributed by atoms with Crippen LogP contribution in [-0.2, 0) is 17.9 Å². The quantitative estimate of drug-likeness (QED) is 0.352. The molecular formula is C28H36ClN3O3. The molecule has 35 heavy (non-hydrogen) atoms. The maximum Gasteiger partial charge on any atom is 0.410 e. The molecule has 1 atom stereocenters. The van der Waals surface area contributed by atoms with E-state index in [1.165, 1.54) is 5.56 Å². The van der Waals surface area contributed by atoms with Crippen molar-refractivity contribution in [1.29, 1.82) is 0 Å². The van der Waals surface area contributed by atoms with E-state index >= 15 is 0 Å². The standard InChI is InChI=1S/C28H36ClN3O3/c1-20-9-14-25-24(17-20)30-26(19-34-23-12-10-22(29)11-13-23)32(25)16-6-8-21-7-5-15-31(18-21)27(33)35-28(2,3)4/h9-14,17,21H,5-8,15-16,18-19H2,1-4H3. The molecule has 0 radical (unpaired) electrons. The number of likely N-dealkylation sites (tertiary alicyclic amines) is 1. The van der Waals surface area contributed by atoms with Gasteiger partial charge in [-0.3, -0.25) is 0 Å². The highest BCUT2D eigenvalue weighted by Gasteiger charge is 2.27. The van der Waals surface area contributed by atoms with E-state index in [4.69, 9.17) is 26.1 Å². The van der Waals surface area contributed by atoms with E-state index < -0.39 is 5.60 Å². The summed E-state index contributed by atoms with van der Waals surface area (Å²) < 4.78 is 13.9. The molecular weight excluding hydrogens is 462 g/mol. The number of nitrogens with zero attached hydrogens (tertiary/aromatic N) is 3. The molecule has 0 spiro atoms. The smallest absolute Gasteiger partial charge is 0.410 e. The van der Waals surface area contributed by atoms with Crippen molar-refractivity contribution < 1.29 is 14.3 Å². The van der Waals surface area contributed by atoms with Gasteiger partial charge in [0.1, 0.15) is 23.8 Å². The van der Waals surface area contributed by atoms with E-state index in [9.17, 15) is 4.79 Å². The van der Waals surface area contributed by atoms with Crippen LogP contribution in [0.2, 0.25) is 5.02 Å². The molecule has 1 aliphatic heterocycles. The number of piperidine rings is 1. The lowest BCUT2D eigenvalue weighted by molar-refractivity contribution is 0.0160. The Kier molecular flexibility index (Phi) is 7.90. The molecule has 0 N–H and O–H groups in total. The first-order valence-electron chi connectivity index (χ1n) is 12.5. The molecule has 6 nitrogen and oxygen atoms in total. The Morgan fingerprint density at radius 1 is 1.17 bits per heavy atom. The molecule has 2 heterocycles. The molecule has 7 heteroatoms. The maximum absolute atomic E-state index is 12.5. The third-order valence-corrected chi connectivity index (χ3v) is 6.58. The Balaban J connectivity index is 1.40. The Morgan fingerprint density at radius 2 is 1.94 bits per heavy atom. The van der Waals surface area contributed by atoms with Crippen LogP contribution < -0.4 is 4.74 Å². The minimum absolute atomic E-state index is 0.195. The number of ether oxygens (including phenoxy) is 2. The van der Waals surface area contributed by atoms with E-state index in [-0.39, 0.29) is 6.09 Å². The number of benzene rings is 2. The number of aromatic nitrogens is 2. The third-order valence-electron chi connectivity index (χ3n) is 6.33. The van der Waals surface area contributed by atoms with Gasteiger partial charge in [-0.25, -0.2) is 9.78 Å². The number of imidazole rings is 1. The molecule has 2 aromatic carbocycles. The van der Waals surface area contributed by atoms with E-state index in [2.05, 4.69) is 29.7 Å². The van der Waals surface area contributed by atoms with E-state index in [0.29, 0.717) is 17.5 Å². The SMILES string of the molecule is Cc1ccc2c(c1)nc(COc1ccc(Cl)cc1)n2CCCC1CCCN(C(=O)OC(C)(C)C)C1. The molecule has 1 amide bonds. The zero-order chi connectivity index (χ0) is 25.0. The number of halogens is 1. The van der Waals surface area contributed by atoms with Gasteiger partial charge in [0.15, 0.2) is 0 Å². The average Bonchev–Trinajstić information content (AvgIpc) is 3.14. The van der Waals surface area contributed by atoms with E-state index in [1.54, 1.807) is 0 Å². The van der Waals surface area contributed by atoms with Gasteiger partial charge in [0, 0.05) is 24.7 Å². The summed E-state index contributed by atoms with van der Waals surface area (Å²) in [4.78, 5) is 19.3. The average molecular weight is 498 g/mol. The Hall–Kier alpha value is -2.73. The van der Waals surface area contributed by atoms with Gasteiger partial charge in [0.2, 0.25) is 0 Å². The highest BCUT2D eigenvalue weighted by atomic mass is 35.5.